The lowest BCUT2D eigenvalue weighted by atomic mass is 9.97. The Morgan fingerprint density at radius 3 is 2.73 bits per heavy atom. The van der Waals surface area contributed by atoms with Gasteiger partial charge in [0.05, 0.1) is 0 Å². The summed E-state index contributed by atoms with van der Waals surface area (Å²) in [6, 6.07) is 0.824. The van der Waals surface area contributed by atoms with Crippen molar-refractivity contribution >= 4 is 11.8 Å². The molecule has 1 aliphatic carbocycles. The van der Waals surface area contributed by atoms with Gasteiger partial charge < -0.3 is 5.32 Å². The fourth-order valence-corrected chi connectivity index (χ4v) is 3.01. The van der Waals surface area contributed by atoms with Crippen molar-refractivity contribution in [2.24, 2.45) is 5.92 Å². The van der Waals surface area contributed by atoms with Crippen LogP contribution in [0, 0.1) is 5.92 Å². The first kappa shape index (κ1) is 11.7. The van der Waals surface area contributed by atoms with Gasteiger partial charge in [-0.2, -0.15) is 11.8 Å². The highest BCUT2D eigenvalue weighted by molar-refractivity contribution is 7.98. The minimum Gasteiger partial charge on any atom is -0.309 e. The van der Waals surface area contributed by atoms with Crippen molar-refractivity contribution in [2.45, 2.75) is 38.3 Å². The minimum absolute atomic E-state index is 0.309. The van der Waals surface area contributed by atoms with Crippen LogP contribution in [0.3, 0.4) is 0 Å². The van der Waals surface area contributed by atoms with Crippen LogP contribution in [0.4, 0.5) is 0 Å². The first-order chi connectivity index (χ1) is 7.12. The van der Waals surface area contributed by atoms with Crippen molar-refractivity contribution in [3.63, 3.8) is 0 Å². The topological polar surface area (TPSA) is 15.3 Å². The quantitative estimate of drug-likeness (QED) is 0.790. The standard InChI is InChI=1S/C12H24N2S/c1-12(2)9-14(6-7-15-3)11(8-13-12)10-4-5-10/h10-11,13H,4-9H2,1-3H3. The molecule has 1 heterocycles. The molecule has 0 aromatic rings. The molecular formula is C12H24N2S. The second-order valence-electron chi connectivity index (χ2n) is 5.63. The predicted octanol–water partition coefficient (Wildman–Crippen LogP) is 1.81. The maximum atomic E-state index is 3.69. The van der Waals surface area contributed by atoms with Crippen LogP contribution in [0.2, 0.25) is 0 Å². The molecule has 0 aromatic carbocycles. The van der Waals surface area contributed by atoms with Gasteiger partial charge in [0.15, 0.2) is 0 Å². The van der Waals surface area contributed by atoms with Crippen molar-refractivity contribution in [1.29, 1.82) is 0 Å². The van der Waals surface area contributed by atoms with Crippen LogP contribution < -0.4 is 5.32 Å². The lowest BCUT2D eigenvalue weighted by molar-refractivity contribution is 0.0894. The molecule has 1 atom stereocenters. The van der Waals surface area contributed by atoms with Gasteiger partial charge in [0.25, 0.3) is 0 Å². The molecule has 1 saturated carbocycles. The summed E-state index contributed by atoms with van der Waals surface area (Å²) in [6.07, 6.45) is 5.13. The Bertz CT molecular complexity index is 214. The number of thioether (sulfide) groups is 1. The summed E-state index contributed by atoms with van der Waals surface area (Å²) in [5.41, 5.74) is 0.309. The Hall–Kier alpha value is 0.270. The van der Waals surface area contributed by atoms with Crippen LogP contribution in [0.15, 0.2) is 0 Å². The second-order valence-corrected chi connectivity index (χ2v) is 6.62. The van der Waals surface area contributed by atoms with Crippen LogP contribution in [0.5, 0.6) is 0 Å². The van der Waals surface area contributed by atoms with Gasteiger partial charge in [-0.15, -0.1) is 0 Å². The largest absolute Gasteiger partial charge is 0.309 e. The molecule has 1 unspecified atom stereocenters. The third kappa shape index (κ3) is 3.11. The molecule has 2 fully saturated rings. The monoisotopic (exact) mass is 228 g/mol. The van der Waals surface area contributed by atoms with Crippen molar-refractivity contribution in [3.05, 3.63) is 0 Å². The summed E-state index contributed by atoms with van der Waals surface area (Å²) in [6.45, 7) is 8.33. The summed E-state index contributed by atoms with van der Waals surface area (Å²) in [4.78, 5) is 2.73. The van der Waals surface area contributed by atoms with Crippen LogP contribution >= 0.6 is 11.8 Å². The average molecular weight is 228 g/mol. The second kappa shape index (κ2) is 4.64. The smallest absolute Gasteiger partial charge is 0.0252 e. The first-order valence-corrected chi connectivity index (χ1v) is 7.50. The molecule has 1 saturated heterocycles. The highest BCUT2D eigenvalue weighted by atomic mass is 32.2. The van der Waals surface area contributed by atoms with E-state index in [-0.39, 0.29) is 0 Å². The molecule has 2 nitrogen and oxygen atoms in total. The van der Waals surface area contributed by atoms with Gasteiger partial charge in [-0.05, 0) is 38.9 Å². The third-order valence-electron chi connectivity index (χ3n) is 3.61. The Kier molecular flexibility index (Phi) is 3.63. The molecule has 0 radical (unpaired) electrons. The summed E-state index contributed by atoms with van der Waals surface area (Å²) in [7, 11) is 0. The molecule has 2 rings (SSSR count). The van der Waals surface area contributed by atoms with Crippen molar-refractivity contribution in [3.8, 4) is 0 Å². The number of nitrogens with one attached hydrogen (secondary N) is 1. The zero-order chi connectivity index (χ0) is 10.9. The van der Waals surface area contributed by atoms with E-state index in [1.54, 1.807) is 0 Å². The van der Waals surface area contributed by atoms with Gasteiger partial charge in [-0.3, -0.25) is 4.90 Å². The van der Waals surface area contributed by atoms with E-state index in [1.807, 2.05) is 11.8 Å². The Morgan fingerprint density at radius 1 is 1.40 bits per heavy atom. The average Bonchev–Trinajstić information content (AvgIpc) is 2.97. The number of rotatable bonds is 4. The van der Waals surface area contributed by atoms with E-state index in [0.29, 0.717) is 5.54 Å². The van der Waals surface area contributed by atoms with Crippen LogP contribution in [0.25, 0.3) is 0 Å². The SMILES string of the molecule is CSCCN1CC(C)(C)NCC1C1CC1. The molecule has 1 N–H and O–H groups in total. The fourth-order valence-electron chi connectivity index (χ4n) is 2.59. The lowest BCUT2D eigenvalue weighted by Crippen LogP contribution is -2.62. The molecule has 88 valence electrons. The summed E-state index contributed by atoms with van der Waals surface area (Å²) >= 11 is 1.97. The molecule has 0 spiro atoms. The minimum atomic E-state index is 0.309. The number of hydrogen-bond donors (Lipinski definition) is 1. The summed E-state index contributed by atoms with van der Waals surface area (Å²) < 4.78 is 0. The maximum absolute atomic E-state index is 3.69. The van der Waals surface area contributed by atoms with Crippen molar-refractivity contribution in [1.82, 2.24) is 10.2 Å². The van der Waals surface area contributed by atoms with E-state index in [0.717, 1.165) is 12.0 Å². The van der Waals surface area contributed by atoms with Crippen molar-refractivity contribution < 1.29 is 0 Å². The number of hydrogen-bond acceptors (Lipinski definition) is 3. The zero-order valence-electron chi connectivity index (χ0n) is 10.3. The normalized spacial score (nSPS) is 31.8. The highest BCUT2D eigenvalue weighted by Gasteiger charge is 2.40. The molecule has 1 aliphatic heterocycles. The fraction of sp³-hybridized carbons (Fsp3) is 1.00. The maximum Gasteiger partial charge on any atom is 0.0252 e. The molecule has 0 amide bonds. The summed E-state index contributed by atoms with van der Waals surface area (Å²) in [5.74, 6) is 2.27. The molecule has 0 aromatic heterocycles. The van der Waals surface area contributed by atoms with Gasteiger partial charge in [0, 0.05) is 37.0 Å². The van der Waals surface area contributed by atoms with Crippen LogP contribution in [-0.4, -0.2) is 48.1 Å². The lowest BCUT2D eigenvalue weighted by Gasteiger charge is -2.45. The van der Waals surface area contributed by atoms with E-state index in [9.17, 15) is 0 Å². The zero-order valence-corrected chi connectivity index (χ0v) is 11.1. The van der Waals surface area contributed by atoms with Gasteiger partial charge in [0.1, 0.15) is 0 Å². The van der Waals surface area contributed by atoms with E-state index < -0.39 is 0 Å². The van der Waals surface area contributed by atoms with Gasteiger partial charge in [0.2, 0.25) is 0 Å². The number of nitrogens with zero attached hydrogens (tertiary/aromatic N) is 1. The first-order valence-electron chi connectivity index (χ1n) is 6.10. The van der Waals surface area contributed by atoms with Crippen LogP contribution in [0.1, 0.15) is 26.7 Å². The molecule has 15 heavy (non-hydrogen) atoms. The van der Waals surface area contributed by atoms with E-state index >= 15 is 0 Å². The van der Waals surface area contributed by atoms with Gasteiger partial charge >= 0.3 is 0 Å². The van der Waals surface area contributed by atoms with Gasteiger partial charge in [-0.25, -0.2) is 0 Å². The molecule has 0 bridgehead atoms. The van der Waals surface area contributed by atoms with Crippen LogP contribution in [-0.2, 0) is 0 Å². The third-order valence-corrected chi connectivity index (χ3v) is 4.20. The molecule has 2 aliphatic rings. The molecule has 3 heteroatoms. The van der Waals surface area contributed by atoms with E-state index in [2.05, 4.69) is 30.3 Å². The van der Waals surface area contributed by atoms with Crippen molar-refractivity contribution in [2.75, 3.05) is 31.6 Å². The van der Waals surface area contributed by atoms with E-state index in [1.165, 1.54) is 38.2 Å². The summed E-state index contributed by atoms with van der Waals surface area (Å²) in [5, 5.41) is 3.69. The number of piperazine rings is 1. The highest BCUT2D eigenvalue weighted by Crippen LogP contribution is 2.37. The Labute approximate surface area is 98.2 Å². The van der Waals surface area contributed by atoms with E-state index in [4.69, 9.17) is 0 Å². The molecular weight excluding hydrogens is 204 g/mol. The predicted molar refractivity (Wildman–Crippen MR) is 68.5 cm³/mol. The van der Waals surface area contributed by atoms with Gasteiger partial charge in [-0.1, -0.05) is 0 Å². The Balaban J connectivity index is 1.92. The Morgan fingerprint density at radius 2 is 2.13 bits per heavy atom.